The van der Waals surface area contributed by atoms with E-state index in [0.29, 0.717) is 19.0 Å². The molecule has 2 saturated carbocycles. The van der Waals surface area contributed by atoms with E-state index in [2.05, 4.69) is 30.8 Å². The van der Waals surface area contributed by atoms with Gasteiger partial charge in [0.25, 0.3) is 5.91 Å². The normalized spacial score (nSPS) is 22.9. The van der Waals surface area contributed by atoms with Gasteiger partial charge in [0.1, 0.15) is 11.5 Å². The van der Waals surface area contributed by atoms with Crippen molar-refractivity contribution < 1.29 is 18.4 Å². The Morgan fingerprint density at radius 3 is 2.58 bits per heavy atom. The number of carbonyl (C=O) groups excluding carboxylic acids is 2. The number of hydrogen-bond acceptors (Lipinski definition) is 6. The second-order valence-electron chi connectivity index (χ2n) is 11.2. The molecule has 3 aromatic rings. The van der Waals surface area contributed by atoms with E-state index in [-0.39, 0.29) is 17.3 Å². The average Bonchev–Trinajstić information content (AvgIpc) is 3.59. The van der Waals surface area contributed by atoms with Crippen LogP contribution >= 0.6 is 0 Å². The first kappa shape index (κ1) is 26.5. The van der Waals surface area contributed by atoms with E-state index in [9.17, 15) is 18.4 Å². The van der Waals surface area contributed by atoms with Gasteiger partial charge in [-0.25, -0.2) is 13.5 Å². The van der Waals surface area contributed by atoms with E-state index < -0.39 is 35.0 Å². The lowest BCUT2D eigenvalue weighted by molar-refractivity contribution is -0.129. The van der Waals surface area contributed by atoms with E-state index in [1.807, 2.05) is 18.2 Å². The molecule has 2 aliphatic carbocycles. The van der Waals surface area contributed by atoms with E-state index in [1.165, 1.54) is 31.5 Å². The topological polar surface area (TPSA) is 105 Å². The number of benzene rings is 1. The molecule has 0 spiro atoms. The number of nitrogens with one attached hydrogen (secondary N) is 2. The van der Waals surface area contributed by atoms with Crippen molar-refractivity contribution in [2.24, 2.45) is 5.92 Å². The third-order valence-corrected chi connectivity index (χ3v) is 8.54. The number of hydrogen-bond donors (Lipinski definition) is 2. The third kappa shape index (κ3) is 5.47. The van der Waals surface area contributed by atoms with Crippen molar-refractivity contribution in [2.75, 3.05) is 13.1 Å². The Kier molecular flexibility index (Phi) is 7.31. The molecule has 2 amide bonds. The van der Waals surface area contributed by atoms with Crippen molar-refractivity contribution in [1.82, 2.24) is 35.5 Å². The highest BCUT2D eigenvalue weighted by Crippen LogP contribution is 2.45. The van der Waals surface area contributed by atoms with Crippen molar-refractivity contribution in [3.05, 3.63) is 71.8 Å². The summed E-state index contributed by atoms with van der Waals surface area (Å²) in [5.41, 5.74) is 0.371. The molecule has 3 heterocycles. The fourth-order valence-corrected chi connectivity index (χ4v) is 6.13. The monoisotopic (exact) mass is 549 g/mol. The van der Waals surface area contributed by atoms with Crippen molar-refractivity contribution >= 4 is 11.8 Å². The van der Waals surface area contributed by atoms with Crippen LogP contribution in [0.4, 0.5) is 8.78 Å². The minimum Gasteiger partial charge on any atom is -0.347 e. The summed E-state index contributed by atoms with van der Waals surface area (Å²) in [4.78, 5) is 33.9. The van der Waals surface area contributed by atoms with E-state index in [4.69, 9.17) is 0 Å². The predicted octanol–water partition coefficient (Wildman–Crippen LogP) is 3.50. The van der Waals surface area contributed by atoms with Crippen LogP contribution in [0, 0.1) is 17.6 Å². The van der Waals surface area contributed by atoms with Gasteiger partial charge in [-0.2, -0.15) is 0 Å². The van der Waals surface area contributed by atoms with Crippen LogP contribution in [-0.4, -0.2) is 61.9 Å². The molecule has 9 nitrogen and oxygen atoms in total. The number of carbonyl (C=O) groups is 2. The predicted molar refractivity (Wildman–Crippen MR) is 142 cm³/mol. The molecular formula is C29H33F2N7O2. The first-order chi connectivity index (χ1) is 19.4. The largest absolute Gasteiger partial charge is 0.347 e. The Balaban J connectivity index is 1.19. The summed E-state index contributed by atoms with van der Waals surface area (Å²) in [6, 6.07) is 8.87. The number of nitrogens with zero attached hydrogens (tertiary/aromatic N) is 5. The molecule has 0 unspecified atom stereocenters. The van der Waals surface area contributed by atoms with Gasteiger partial charge in [-0.1, -0.05) is 30.5 Å². The van der Waals surface area contributed by atoms with Crippen molar-refractivity contribution in [1.29, 1.82) is 0 Å². The summed E-state index contributed by atoms with van der Waals surface area (Å²) in [6.45, 7) is 1.35. The first-order valence-electron chi connectivity index (χ1n) is 14.1. The van der Waals surface area contributed by atoms with Gasteiger partial charge in [0.15, 0.2) is 11.5 Å². The summed E-state index contributed by atoms with van der Waals surface area (Å²) in [6.07, 6.45) is 11.2. The highest BCUT2D eigenvalue weighted by Gasteiger charge is 2.49. The molecule has 3 fully saturated rings. The molecule has 2 aromatic heterocycles. The molecule has 0 radical (unpaired) electrons. The van der Waals surface area contributed by atoms with Gasteiger partial charge in [0.2, 0.25) is 5.91 Å². The van der Waals surface area contributed by atoms with Crippen LogP contribution in [0.15, 0.2) is 48.8 Å². The van der Waals surface area contributed by atoms with Crippen molar-refractivity contribution in [2.45, 2.75) is 69.0 Å². The molecule has 2 N–H and O–H groups in total. The molecule has 210 valence electrons. The number of piperidine rings is 1. The van der Waals surface area contributed by atoms with Crippen LogP contribution < -0.4 is 10.6 Å². The van der Waals surface area contributed by atoms with Crippen LogP contribution in [0.3, 0.4) is 0 Å². The zero-order chi connectivity index (χ0) is 27.7. The lowest BCUT2D eigenvalue weighted by Crippen LogP contribution is -2.58. The molecule has 6 rings (SSSR count). The Morgan fingerprint density at radius 2 is 1.85 bits per heavy atom. The van der Waals surface area contributed by atoms with Crippen LogP contribution in [0.1, 0.15) is 67.5 Å². The van der Waals surface area contributed by atoms with E-state index >= 15 is 0 Å². The highest BCUT2D eigenvalue weighted by atomic mass is 19.1. The van der Waals surface area contributed by atoms with Gasteiger partial charge in [-0.3, -0.25) is 19.5 Å². The zero-order valence-electron chi connectivity index (χ0n) is 22.2. The second kappa shape index (κ2) is 11.0. The number of rotatable bonds is 7. The summed E-state index contributed by atoms with van der Waals surface area (Å²) in [5.74, 6) is -2.56. The number of aromatic nitrogens is 4. The minimum atomic E-state index is -0.814. The molecule has 0 bridgehead atoms. The molecular weight excluding hydrogens is 516 g/mol. The standard InChI is InChI=1S/C29H33F2N7O2/c30-19-9-10-25(22(31)16-19)38-18-24(35-36-38)28(40)33-23-11-15-37(20-6-2-1-3-7-20)17-21(23)27(39)34-29(12-13-29)26-8-4-5-14-32-26/h4-5,8-10,14,16,18,20-21,23H,1-3,6-7,11-13,15,17H2,(H,33,40)(H,34,39)/t21-,23-/m0/s1. The molecule has 11 heteroatoms. The zero-order valence-corrected chi connectivity index (χ0v) is 22.2. The molecule has 1 aromatic carbocycles. The summed E-state index contributed by atoms with van der Waals surface area (Å²) in [7, 11) is 0. The highest BCUT2D eigenvalue weighted by molar-refractivity contribution is 5.93. The maximum Gasteiger partial charge on any atom is 0.273 e. The maximum atomic E-state index is 14.2. The number of halogens is 2. The Labute approximate surface area is 231 Å². The molecule has 40 heavy (non-hydrogen) atoms. The van der Waals surface area contributed by atoms with Crippen LogP contribution in [-0.2, 0) is 10.3 Å². The Bertz CT molecular complexity index is 1370. The Morgan fingerprint density at radius 1 is 1.02 bits per heavy atom. The van der Waals surface area contributed by atoms with Gasteiger partial charge in [-0.05, 0) is 56.4 Å². The van der Waals surface area contributed by atoms with E-state index in [1.54, 1.807) is 6.20 Å². The molecule has 2 atom stereocenters. The van der Waals surface area contributed by atoms with Crippen LogP contribution in [0.25, 0.3) is 5.69 Å². The smallest absolute Gasteiger partial charge is 0.273 e. The Hall–Kier alpha value is -3.73. The third-order valence-electron chi connectivity index (χ3n) is 8.54. The van der Waals surface area contributed by atoms with Crippen LogP contribution in [0.5, 0.6) is 0 Å². The average molecular weight is 550 g/mol. The van der Waals surface area contributed by atoms with Gasteiger partial charge in [-0.15, -0.1) is 5.10 Å². The van der Waals surface area contributed by atoms with E-state index in [0.717, 1.165) is 54.7 Å². The van der Waals surface area contributed by atoms with Crippen molar-refractivity contribution in [3.63, 3.8) is 0 Å². The van der Waals surface area contributed by atoms with Gasteiger partial charge in [0.05, 0.1) is 23.3 Å². The number of likely N-dealkylation sites (tertiary alicyclic amines) is 1. The number of pyridine rings is 1. The number of amides is 2. The van der Waals surface area contributed by atoms with Gasteiger partial charge < -0.3 is 10.6 Å². The summed E-state index contributed by atoms with van der Waals surface area (Å²) < 4.78 is 28.6. The lowest BCUT2D eigenvalue weighted by Gasteiger charge is -2.43. The second-order valence-corrected chi connectivity index (χ2v) is 11.2. The van der Waals surface area contributed by atoms with Crippen molar-refractivity contribution in [3.8, 4) is 5.69 Å². The van der Waals surface area contributed by atoms with Gasteiger partial charge >= 0.3 is 0 Å². The molecule has 1 aliphatic heterocycles. The first-order valence-corrected chi connectivity index (χ1v) is 14.1. The minimum absolute atomic E-state index is 0.00950. The fraction of sp³-hybridized carbons (Fsp3) is 0.483. The van der Waals surface area contributed by atoms with Crippen LogP contribution in [0.2, 0.25) is 0 Å². The quantitative estimate of drug-likeness (QED) is 0.468. The fourth-order valence-electron chi connectivity index (χ4n) is 6.13. The molecule has 3 aliphatic rings. The summed E-state index contributed by atoms with van der Waals surface area (Å²) in [5, 5.41) is 14.1. The summed E-state index contributed by atoms with van der Waals surface area (Å²) >= 11 is 0. The molecule has 1 saturated heterocycles. The lowest BCUT2D eigenvalue weighted by atomic mass is 9.86. The maximum absolute atomic E-state index is 14.2. The SMILES string of the molecule is O=C(N[C@H]1CCN(C2CCCCC2)C[C@@H]1C(=O)NC1(c2ccccn2)CC1)c1cn(-c2ccc(F)cc2F)nn1. The van der Waals surface area contributed by atoms with Gasteiger partial charge in [0, 0.05) is 37.4 Å².